The van der Waals surface area contributed by atoms with Crippen molar-refractivity contribution in [2.75, 3.05) is 0 Å². The Morgan fingerprint density at radius 2 is 2.07 bits per heavy atom. The maximum atomic E-state index is 11.7. The highest BCUT2D eigenvalue weighted by Crippen LogP contribution is 2.16. The maximum Gasteiger partial charge on any atom is 0.225 e. The predicted octanol–water partition coefficient (Wildman–Crippen LogP) is 2.30. The average Bonchev–Trinajstić information content (AvgIpc) is 2.17. The van der Waals surface area contributed by atoms with Crippen molar-refractivity contribution in [1.82, 2.24) is 10.3 Å². The summed E-state index contributed by atoms with van der Waals surface area (Å²) in [6.07, 6.45) is 1.73. The first-order chi connectivity index (χ1) is 6.91. The number of hydrogen-bond acceptors (Lipinski definition) is 2. The molecule has 0 bridgehead atoms. The molecule has 0 unspecified atom stereocenters. The van der Waals surface area contributed by atoms with Crippen LogP contribution in [0.3, 0.4) is 0 Å². The number of amides is 1. The van der Waals surface area contributed by atoms with Gasteiger partial charge in [0, 0.05) is 11.6 Å². The molecule has 0 saturated heterocycles. The molecule has 1 heterocycles. The first-order valence-electron chi connectivity index (χ1n) is 5.13. The molecule has 1 N–H and O–H groups in total. The van der Waals surface area contributed by atoms with E-state index in [2.05, 4.69) is 10.3 Å². The Bertz CT molecular complexity index is 327. The molecule has 0 spiro atoms. The van der Waals surface area contributed by atoms with Crippen LogP contribution in [0.4, 0.5) is 0 Å². The van der Waals surface area contributed by atoms with Crippen LogP contribution in [0.5, 0.6) is 0 Å². The second-order valence-corrected chi connectivity index (χ2v) is 4.70. The molecule has 15 heavy (non-hydrogen) atoms. The summed E-state index contributed by atoms with van der Waals surface area (Å²) >= 11 is 0. The van der Waals surface area contributed by atoms with Crippen LogP contribution in [0, 0.1) is 5.41 Å². The minimum atomic E-state index is -0.358. The van der Waals surface area contributed by atoms with Gasteiger partial charge < -0.3 is 5.32 Å². The lowest BCUT2D eigenvalue weighted by atomic mass is 9.95. The van der Waals surface area contributed by atoms with E-state index in [1.807, 2.05) is 45.9 Å². The van der Waals surface area contributed by atoms with Gasteiger partial charge in [0.25, 0.3) is 0 Å². The van der Waals surface area contributed by atoms with Gasteiger partial charge in [-0.05, 0) is 19.1 Å². The van der Waals surface area contributed by atoms with E-state index in [9.17, 15) is 4.79 Å². The van der Waals surface area contributed by atoms with Crippen LogP contribution < -0.4 is 5.32 Å². The smallest absolute Gasteiger partial charge is 0.225 e. The molecule has 0 aromatic carbocycles. The van der Waals surface area contributed by atoms with E-state index in [4.69, 9.17) is 0 Å². The first-order valence-corrected chi connectivity index (χ1v) is 5.13. The Morgan fingerprint density at radius 1 is 1.40 bits per heavy atom. The highest BCUT2D eigenvalue weighted by atomic mass is 16.2. The molecule has 1 amide bonds. The number of nitrogens with zero attached hydrogens (tertiary/aromatic N) is 1. The Labute approximate surface area is 90.9 Å². The molecule has 1 rings (SSSR count). The fourth-order valence-corrected chi connectivity index (χ4v) is 1.12. The van der Waals surface area contributed by atoms with Gasteiger partial charge in [0.2, 0.25) is 5.91 Å². The highest BCUT2D eigenvalue weighted by molar-refractivity contribution is 5.81. The van der Waals surface area contributed by atoms with Gasteiger partial charge >= 0.3 is 0 Å². The standard InChI is InChI=1S/C12H18N2O/c1-9(10-7-5-6-8-13-10)14-11(15)12(2,3)4/h5-9H,1-4H3,(H,14,15)/t9-/m1/s1. The first kappa shape index (κ1) is 11.7. The number of carbonyl (C=O) groups is 1. The number of pyridine rings is 1. The van der Waals surface area contributed by atoms with Crippen molar-refractivity contribution < 1.29 is 4.79 Å². The number of aromatic nitrogens is 1. The summed E-state index contributed by atoms with van der Waals surface area (Å²) in [7, 11) is 0. The zero-order valence-corrected chi connectivity index (χ0v) is 9.74. The fraction of sp³-hybridized carbons (Fsp3) is 0.500. The summed E-state index contributed by atoms with van der Waals surface area (Å²) in [6.45, 7) is 7.63. The van der Waals surface area contributed by atoms with Crippen molar-refractivity contribution in [3.63, 3.8) is 0 Å². The Kier molecular flexibility index (Phi) is 3.45. The van der Waals surface area contributed by atoms with Gasteiger partial charge in [-0.1, -0.05) is 26.8 Å². The van der Waals surface area contributed by atoms with Crippen molar-refractivity contribution in [1.29, 1.82) is 0 Å². The van der Waals surface area contributed by atoms with E-state index in [0.717, 1.165) is 5.69 Å². The van der Waals surface area contributed by atoms with Crippen LogP contribution in [0.15, 0.2) is 24.4 Å². The predicted molar refractivity (Wildman–Crippen MR) is 60.2 cm³/mol. The zero-order valence-electron chi connectivity index (χ0n) is 9.74. The Morgan fingerprint density at radius 3 is 2.53 bits per heavy atom. The highest BCUT2D eigenvalue weighted by Gasteiger charge is 2.23. The van der Waals surface area contributed by atoms with Crippen molar-refractivity contribution in [2.45, 2.75) is 33.7 Å². The summed E-state index contributed by atoms with van der Waals surface area (Å²) in [5.41, 5.74) is 0.526. The molecule has 1 atom stereocenters. The normalized spacial score (nSPS) is 13.3. The monoisotopic (exact) mass is 206 g/mol. The number of nitrogens with one attached hydrogen (secondary N) is 1. The number of carbonyl (C=O) groups excluding carboxylic acids is 1. The van der Waals surface area contributed by atoms with Gasteiger partial charge in [-0.25, -0.2) is 0 Å². The van der Waals surface area contributed by atoms with Crippen LogP contribution in [0.1, 0.15) is 39.4 Å². The van der Waals surface area contributed by atoms with E-state index in [1.54, 1.807) is 6.20 Å². The molecule has 0 aliphatic carbocycles. The van der Waals surface area contributed by atoms with Gasteiger partial charge in [0.15, 0.2) is 0 Å². The molecule has 1 aromatic rings. The molecular weight excluding hydrogens is 188 g/mol. The van der Waals surface area contributed by atoms with Crippen LogP contribution >= 0.6 is 0 Å². The third-order valence-electron chi connectivity index (χ3n) is 2.16. The second kappa shape index (κ2) is 4.43. The van der Waals surface area contributed by atoms with Crippen LogP contribution in [0.25, 0.3) is 0 Å². The molecule has 0 radical (unpaired) electrons. The van der Waals surface area contributed by atoms with E-state index >= 15 is 0 Å². The average molecular weight is 206 g/mol. The fourth-order valence-electron chi connectivity index (χ4n) is 1.12. The van der Waals surface area contributed by atoms with Crippen molar-refractivity contribution in [3.8, 4) is 0 Å². The molecule has 1 aromatic heterocycles. The Hall–Kier alpha value is -1.38. The topological polar surface area (TPSA) is 42.0 Å². The van der Waals surface area contributed by atoms with Crippen molar-refractivity contribution >= 4 is 5.91 Å². The molecule has 0 saturated carbocycles. The molecule has 3 nitrogen and oxygen atoms in total. The van der Waals surface area contributed by atoms with Gasteiger partial charge in [-0.3, -0.25) is 9.78 Å². The molecule has 0 aliphatic rings. The van der Waals surface area contributed by atoms with E-state index < -0.39 is 0 Å². The third kappa shape index (κ3) is 3.35. The third-order valence-corrected chi connectivity index (χ3v) is 2.16. The SMILES string of the molecule is C[C@@H](NC(=O)C(C)(C)C)c1ccccn1. The quantitative estimate of drug-likeness (QED) is 0.806. The van der Waals surface area contributed by atoms with E-state index in [-0.39, 0.29) is 17.4 Å². The molecule has 3 heteroatoms. The van der Waals surface area contributed by atoms with Gasteiger partial charge in [-0.2, -0.15) is 0 Å². The zero-order chi connectivity index (χ0) is 11.5. The molecule has 82 valence electrons. The molecule has 0 aliphatic heterocycles. The summed E-state index contributed by atoms with van der Waals surface area (Å²) in [6, 6.07) is 5.65. The van der Waals surface area contributed by atoms with Crippen molar-refractivity contribution in [3.05, 3.63) is 30.1 Å². The number of hydrogen-bond donors (Lipinski definition) is 1. The van der Waals surface area contributed by atoms with E-state index in [1.165, 1.54) is 0 Å². The maximum absolute atomic E-state index is 11.7. The lowest BCUT2D eigenvalue weighted by Crippen LogP contribution is -2.36. The van der Waals surface area contributed by atoms with Crippen LogP contribution in [-0.4, -0.2) is 10.9 Å². The summed E-state index contributed by atoms with van der Waals surface area (Å²) < 4.78 is 0. The largest absolute Gasteiger partial charge is 0.348 e. The minimum absolute atomic E-state index is 0.0423. The van der Waals surface area contributed by atoms with Gasteiger partial charge in [0.1, 0.15) is 0 Å². The molecular formula is C12H18N2O. The lowest BCUT2D eigenvalue weighted by molar-refractivity contribution is -0.129. The van der Waals surface area contributed by atoms with Crippen LogP contribution in [0.2, 0.25) is 0 Å². The number of rotatable bonds is 2. The second-order valence-electron chi connectivity index (χ2n) is 4.70. The van der Waals surface area contributed by atoms with Gasteiger partial charge in [0.05, 0.1) is 11.7 Å². The summed E-state index contributed by atoms with van der Waals surface area (Å²) in [5.74, 6) is 0.0423. The van der Waals surface area contributed by atoms with Crippen LogP contribution in [-0.2, 0) is 4.79 Å². The van der Waals surface area contributed by atoms with E-state index in [0.29, 0.717) is 0 Å². The van der Waals surface area contributed by atoms with Gasteiger partial charge in [-0.15, -0.1) is 0 Å². The summed E-state index contributed by atoms with van der Waals surface area (Å²) in [5, 5.41) is 2.93. The van der Waals surface area contributed by atoms with Crippen molar-refractivity contribution in [2.24, 2.45) is 5.41 Å². The minimum Gasteiger partial charge on any atom is -0.348 e. The Balaban J connectivity index is 2.65. The lowest BCUT2D eigenvalue weighted by Gasteiger charge is -2.21. The molecule has 0 fully saturated rings. The summed E-state index contributed by atoms with van der Waals surface area (Å²) in [4.78, 5) is 15.9.